The number of hydrogen-bond donors (Lipinski definition) is 1. The van der Waals surface area contributed by atoms with E-state index < -0.39 is 0 Å². The van der Waals surface area contributed by atoms with E-state index in [0.717, 1.165) is 41.8 Å². The van der Waals surface area contributed by atoms with E-state index in [-0.39, 0.29) is 0 Å². The van der Waals surface area contributed by atoms with Crippen LogP contribution >= 0.6 is 11.8 Å². The first kappa shape index (κ1) is 12.9. The second-order valence-electron chi connectivity index (χ2n) is 3.33. The monoisotopic (exact) mass is 235 g/mol. The normalized spacial score (nSPS) is 9.81. The van der Waals surface area contributed by atoms with E-state index in [4.69, 9.17) is 6.42 Å². The van der Waals surface area contributed by atoms with Crippen LogP contribution in [0, 0.1) is 19.3 Å². The van der Waals surface area contributed by atoms with Crippen LogP contribution in [0.15, 0.2) is 6.07 Å². The molecule has 0 radical (unpaired) electrons. The molecule has 0 aliphatic heterocycles. The Bertz CT molecular complexity index is 371. The lowest BCUT2D eigenvalue weighted by molar-refractivity contribution is 0.946. The van der Waals surface area contributed by atoms with Crippen molar-refractivity contribution in [1.82, 2.24) is 9.97 Å². The molecule has 0 unspecified atom stereocenters. The van der Waals surface area contributed by atoms with Gasteiger partial charge in [-0.05, 0) is 13.3 Å². The maximum Gasteiger partial charge on any atom is 0.129 e. The molecule has 1 rings (SSSR count). The van der Waals surface area contributed by atoms with Gasteiger partial charge in [-0.25, -0.2) is 9.97 Å². The summed E-state index contributed by atoms with van der Waals surface area (Å²) in [6.07, 6.45) is 6.10. The van der Waals surface area contributed by atoms with Gasteiger partial charge in [0.15, 0.2) is 0 Å². The fraction of sp³-hybridized carbons (Fsp3) is 0.500. The number of hydrogen-bond acceptors (Lipinski definition) is 4. The fourth-order valence-corrected chi connectivity index (χ4v) is 1.79. The van der Waals surface area contributed by atoms with Crippen LogP contribution in [0.2, 0.25) is 0 Å². The number of anilines is 1. The standard InChI is InChI=1S/C12H17N3S/c1-4-7-16-8-6-13-12-9-11(5-2)14-10(3)15-12/h1,9H,5-8H2,2-3H3,(H,13,14,15). The van der Waals surface area contributed by atoms with E-state index in [9.17, 15) is 0 Å². The Morgan fingerprint density at radius 2 is 2.31 bits per heavy atom. The van der Waals surface area contributed by atoms with E-state index in [0.29, 0.717) is 0 Å². The van der Waals surface area contributed by atoms with Crippen molar-refractivity contribution in [3.05, 3.63) is 17.6 Å². The third-order valence-electron chi connectivity index (χ3n) is 1.99. The van der Waals surface area contributed by atoms with Crippen molar-refractivity contribution in [3.8, 4) is 12.3 Å². The molecule has 1 heterocycles. The van der Waals surface area contributed by atoms with Gasteiger partial charge < -0.3 is 5.32 Å². The number of aryl methyl sites for hydroxylation is 2. The van der Waals surface area contributed by atoms with Gasteiger partial charge in [-0.1, -0.05) is 12.8 Å². The van der Waals surface area contributed by atoms with Crippen molar-refractivity contribution in [3.63, 3.8) is 0 Å². The van der Waals surface area contributed by atoms with Crippen LogP contribution in [0.3, 0.4) is 0 Å². The molecule has 16 heavy (non-hydrogen) atoms. The molecule has 86 valence electrons. The highest BCUT2D eigenvalue weighted by Gasteiger charge is 1.99. The number of terminal acetylenes is 1. The summed E-state index contributed by atoms with van der Waals surface area (Å²) in [4.78, 5) is 8.65. The minimum absolute atomic E-state index is 0.769. The summed E-state index contributed by atoms with van der Waals surface area (Å²) >= 11 is 1.74. The summed E-state index contributed by atoms with van der Waals surface area (Å²) in [6, 6.07) is 2.00. The molecule has 0 fully saturated rings. The average Bonchev–Trinajstić information content (AvgIpc) is 2.28. The van der Waals surface area contributed by atoms with Crippen LogP contribution in [-0.4, -0.2) is 28.0 Å². The first-order chi connectivity index (χ1) is 7.76. The van der Waals surface area contributed by atoms with E-state index in [1.54, 1.807) is 11.8 Å². The van der Waals surface area contributed by atoms with Crippen LogP contribution < -0.4 is 5.32 Å². The summed E-state index contributed by atoms with van der Waals surface area (Å²) in [5.41, 5.74) is 1.08. The second kappa shape index (κ2) is 7.13. The maximum atomic E-state index is 5.17. The molecule has 0 saturated heterocycles. The van der Waals surface area contributed by atoms with E-state index in [2.05, 4.69) is 28.1 Å². The Hall–Kier alpha value is -1.21. The molecule has 0 atom stereocenters. The van der Waals surface area contributed by atoms with Crippen molar-refractivity contribution < 1.29 is 0 Å². The topological polar surface area (TPSA) is 37.8 Å². The molecule has 0 amide bonds. The van der Waals surface area contributed by atoms with Gasteiger partial charge in [-0.15, -0.1) is 18.2 Å². The summed E-state index contributed by atoms with van der Waals surface area (Å²) in [5, 5.41) is 3.28. The summed E-state index contributed by atoms with van der Waals surface area (Å²) in [5.74, 6) is 6.09. The SMILES string of the molecule is C#CCSCCNc1cc(CC)nc(C)n1. The van der Waals surface area contributed by atoms with Gasteiger partial charge >= 0.3 is 0 Å². The van der Waals surface area contributed by atoms with Crippen LogP contribution in [0.4, 0.5) is 5.82 Å². The minimum atomic E-state index is 0.769. The second-order valence-corrected chi connectivity index (χ2v) is 4.43. The molecular formula is C12H17N3S. The summed E-state index contributed by atoms with van der Waals surface area (Å²) < 4.78 is 0. The molecule has 0 aliphatic rings. The predicted octanol–water partition coefficient (Wildman–Crippen LogP) is 2.13. The highest BCUT2D eigenvalue weighted by molar-refractivity contribution is 7.99. The summed E-state index contributed by atoms with van der Waals surface area (Å²) in [7, 11) is 0. The maximum absolute atomic E-state index is 5.17. The van der Waals surface area contributed by atoms with Gasteiger partial charge in [0.05, 0.1) is 5.75 Å². The number of nitrogens with one attached hydrogen (secondary N) is 1. The largest absolute Gasteiger partial charge is 0.369 e. The molecule has 0 aliphatic carbocycles. The van der Waals surface area contributed by atoms with Crippen molar-refractivity contribution >= 4 is 17.6 Å². The third-order valence-corrected chi connectivity index (χ3v) is 2.85. The molecular weight excluding hydrogens is 218 g/mol. The molecule has 1 aromatic heterocycles. The third kappa shape index (κ3) is 4.54. The Morgan fingerprint density at radius 3 is 3.00 bits per heavy atom. The molecule has 0 bridgehead atoms. The van der Waals surface area contributed by atoms with Gasteiger partial charge in [-0.3, -0.25) is 0 Å². The Balaban J connectivity index is 2.41. The zero-order valence-corrected chi connectivity index (χ0v) is 10.6. The molecule has 0 spiro atoms. The quantitative estimate of drug-likeness (QED) is 0.605. The van der Waals surface area contributed by atoms with E-state index in [1.165, 1.54) is 0 Å². The Kier molecular flexibility index (Phi) is 5.73. The average molecular weight is 235 g/mol. The van der Waals surface area contributed by atoms with Gasteiger partial charge in [-0.2, -0.15) is 0 Å². The predicted molar refractivity (Wildman–Crippen MR) is 70.8 cm³/mol. The molecule has 1 N–H and O–H groups in total. The van der Waals surface area contributed by atoms with Crippen molar-refractivity contribution in [1.29, 1.82) is 0 Å². The van der Waals surface area contributed by atoms with Crippen molar-refractivity contribution in [2.45, 2.75) is 20.3 Å². The number of nitrogens with zero attached hydrogens (tertiary/aromatic N) is 2. The van der Waals surface area contributed by atoms with E-state index >= 15 is 0 Å². The molecule has 1 aromatic rings. The molecule has 4 heteroatoms. The van der Waals surface area contributed by atoms with Gasteiger partial charge in [0.25, 0.3) is 0 Å². The molecule has 0 saturated carbocycles. The first-order valence-electron chi connectivity index (χ1n) is 5.36. The van der Waals surface area contributed by atoms with Gasteiger partial charge in [0.1, 0.15) is 11.6 Å². The Labute approximate surface area is 101 Å². The van der Waals surface area contributed by atoms with Crippen molar-refractivity contribution in [2.24, 2.45) is 0 Å². The van der Waals surface area contributed by atoms with Gasteiger partial charge in [0.2, 0.25) is 0 Å². The lowest BCUT2D eigenvalue weighted by Crippen LogP contribution is -2.08. The van der Waals surface area contributed by atoms with Crippen LogP contribution in [0.25, 0.3) is 0 Å². The highest BCUT2D eigenvalue weighted by atomic mass is 32.2. The van der Waals surface area contributed by atoms with Gasteiger partial charge in [0, 0.05) is 24.1 Å². The fourth-order valence-electron chi connectivity index (χ4n) is 1.28. The Morgan fingerprint density at radius 1 is 1.50 bits per heavy atom. The first-order valence-corrected chi connectivity index (χ1v) is 6.51. The minimum Gasteiger partial charge on any atom is -0.369 e. The smallest absolute Gasteiger partial charge is 0.129 e. The van der Waals surface area contributed by atoms with Crippen LogP contribution in [0.5, 0.6) is 0 Å². The summed E-state index contributed by atoms with van der Waals surface area (Å²) in [6.45, 7) is 4.89. The highest BCUT2D eigenvalue weighted by Crippen LogP contribution is 2.07. The van der Waals surface area contributed by atoms with Crippen molar-refractivity contribution in [2.75, 3.05) is 23.4 Å². The molecule has 0 aromatic carbocycles. The zero-order valence-electron chi connectivity index (χ0n) is 9.79. The van der Waals surface area contributed by atoms with Crippen LogP contribution in [-0.2, 0) is 6.42 Å². The van der Waals surface area contributed by atoms with E-state index in [1.807, 2.05) is 13.0 Å². The zero-order chi connectivity index (χ0) is 11.8. The lowest BCUT2D eigenvalue weighted by Gasteiger charge is -2.07. The number of thioether (sulfide) groups is 1. The van der Waals surface area contributed by atoms with Crippen LogP contribution in [0.1, 0.15) is 18.4 Å². The number of rotatable bonds is 6. The molecule has 3 nitrogen and oxygen atoms in total. The lowest BCUT2D eigenvalue weighted by atomic mass is 10.3. The number of aromatic nitrogens is 2.